The molecule has 5 heteroatoms. The van der Waals surface area contributed by atoms with Crippen LogP contribution in [0.15, 0.2) is 17.5 Å². The first kappa shape index (κ1) is 15.0. The zero-order chi connectivity index (χ0) is 14.5. The molecular weight excluding hydrogens is 284 g/mol. The normalized spacial score (nSPS) is 25.4. The second-order valence-electron chi connectivity index (χ2n) is 6.12. The van der Waals surface area contributed by atoms with Crippen LogP contribution in [0.3, 0.4) is 0 Å². The average Bonchev–Trinajstić information content (AvgIpc) is 3.09. The number of morpholine rings is 1. The smallest absolute Gasteiger partial charge is 0.239 e. The van der Waals surface area contributed by atoms with Crippen LogP contribution < -0.4 is 10.6 Å². The third-order valence-electron chi connectivity index (χ3n) is 4.69. The van der Waals surface area contributed by atoms with Crippen LogP contribution in [0.25, 0.3) is 0 Å². The highest BCUT2D eigenvalue weighted by atomic mass is 32.1. The molecule has 2 N–H and O–H groups in total. The van der Waals surface area contributed by atoms with Gasteiger partial charge in [-0.05, 0) is 24.3 Å². The molecule has 1 saturated carbocycles. The summed E-state index contributed by atoms with van der Waals surface area (Å²) in [6.07, 6.45) is 6.21. The number of hydrogen-bond acceptors (Lipinski definition) is 4. The maximum Gasteiger partial charge on any atom is 0.239 e. The van der Waals surface area contributed by atoms with Gasteiger partial charge in [0.2, 0.25) is 5.91 Å². The lowest BCUT2D eigenvalue weighted by Crippen LogP contribution is -2.53. The summed E-state index contributed by atoms with van der Waals surface area (Å²) in [6.45, 7) is 2.69. The second-order valence-corrected chi connectivity index (χ2v) is 7.07. The van der Waals surface area contributed by atoms with Gasteiger partial charge in [0.1, 0.15) is 6.04 Å². The van der Waals surface area contributed by atoms with Crippen molar-refractivity contribution in [1.82, 2.24) is 10.6 Å². The van der Waals surface area contributed by atoms with E-state index in [9.17, 15) is 4.79 Å². The highest BCUT2D eigenvalue weighted by Gasteiger charge is 2.35. The minimum Gasteiger partial charge on any atom is -0.378 e. The largest absolute Gasteiger partial charge is 0.378 e. The second kappa shape index (κ2) is 6.90. The molecule has 0 radical (unpaired) electrons. The Bertz CT molecular complexity index is 449. The maximum atomic E-state index is 12.3. The zero-order valence-corrected chi connectivity index (χ0v) is 13.2. The fourth-order valence-electron chi connectivity index (χ4n) is 3.43. The van der Waals surface area contributed by atoms with Gasteiger partial charge in [-0.1, -0.05) is 25.3 Å². The number of rotatable bonds is 4. The molecule has 2 heterocycles. The van der Waals surface area contributed by atoms with Gasteiger partial charge in [-0.2, -0.15) is 0 Å². The summed E-state index contributed by atoms with van der Waals surface area (Å²) >= 11 is 1.82. The molecule has 0 spiro atoms. The summed E-state index contributed by atoms with van der Waals surface area (Å²) < 4.78 is 5.37. The van der Waals surface area contributed by atoms with Gasteiger partial charge in [0, 0.05) is 23.4 Å². The summed E-state index contributed by atoms with van der Waals surface area (Å²) in [5.74, 6) is 0.0798. The topological polar surface area (TPSA) is 50.4 Å². The fourth-order valence-corrected chi connectivity index (χ4v) is 4.42. The van der Waals surface area contributed by atoms with Crippen LogP contribution in [0.2, 0.25) is 0 Å². The van der Waals surface area contributed by atoms with Crippen LogP contribution in [0.4, 0.5) is 0 Å². The molecule has 2 aliphatic rings. The Hall–Kier alpha value is -0.910. The Balaban J connectivity index is 1.63. The molecule has 1 aliphatic heterocycles. The molecule has 1 aromatic heterocycles. The number of hydrogen-bond donors (Lipinski definition) is 2. The molecule has 1 amide bonds. The van der Waals surface area contributed by atoms with E-state index in [4.69, 9.17) is 4.74 Å². The van der Waals surface area contributed by atoms with E-state index < -0.39 is 0 Å². The molecule has 1 aliphatic carbocycles. The zero-order valence-electron chi connectivity index (χ0n) is 12.4. The first-order chi connectivity index (χ1) is 10.3. The van der Waals surface area contributed by atoms with Crippen LogP contribution in [0.5, 0.6) is 0 Å². The molecule has 1 unspecified atom stereocenters. The first-order valence-corrected chi connectivity index (χ1v) is 8.81. The Morgan fingerprint density at radius 2 is 2.29 bits per heavy atom. The molecule has 0 aromatic carbocycles. The van der Waals surface area contributed by atoms with Crippen molar-refractivity contribution in [3.8, 4) is 0 Å². The van der Waals surface area contributed by atoms with Crippen molar-refractivity contribution >= 4 is 17.2 Å². The van der Waals surface area contributed by atoms with Crippen molar-refractivity contribution in [2.45, 2.75) is 43.6 Å². The third-order valence-corrected chi connectivity index (χ3v) is 5.81. The quantitative estimate of drug-likeness (QED) is 0.895. The Morgan fingerprint density at radius 3 is 2.95 bits per heavy atom. The van der Waals surface area contributed by atoms with Crippen LogP contribution in [-0.4, -0.2) is 38.3 Å². The maximum absolute atomic E-state index is 12.3. The molecule has 3 rings (SSSR count). The highest BCUT2D eigenvalue weighted by Crippen LogP contribution is 2.41. The number of thiophene rings is 1. The summed E-state index contributed by atoms with van der Waals surface area (Å²) in [5, 5.41) is 8.54. The number of carbonyl (C=O) groups is 1. The summed E-state index contributed by atoms with van der Waals surface area (Å²) in [4.78, 5) is 13.7. The highest BCUT2D eigenvalue weighted by molar-refractivity contribution is 7.10. The average molecular weight is 308 g/mol. The lowest BCUT2D eigenvalue weighted by molar-refractivity contribution is -0.126. The van der Waals surface area contributed by atoms with Crippen molar-refractivity contribution < 1.29 is 9.53 Å². The lowest BCUT2D eigenvalue weighted by atomic mass is 9.73. The van der Waals surface area contributed by atoms with Gasteiger partial charge >= 0.3 is 0 Å². The Labute approximate surface area is 130 Å². The van der Waals surface area contributed by atoms with Gasteiger partial charge < -0.3 is 15.4 Å². The number of nitrogens with one attached hydrogen (secondary N) is 2. The van der Waals surface area contributed by atoms with Crippen LogP contribution in [0, 0.1) is 0 Å². The van der Waals surface area contributed by atoms with Crippen LogP contribution in [0.1, 0.15) is 37.0 Å². The minimum atomic E-state index is -0.192. The van der Waals surface area contributed by atoms with Gasteiger partial charge in [-0.25, -0.2) is 0 Å². The van der Waals surface area contributed by atoms with E-state index in [1.807, 2.05) is 11.3 Å². The number of ether oxygens (including phenoxy) is 1. The number of amides is 1. The molecule has 1 atom stereocenters. The monoisotopic (exact) mass is 308 g/mol. The van der Waals surface area contributed by atoms with Gasteiger partial charge in [0.05, 0.1) is 13.2 Å². The van der Waals surface area contributed by atoms with E-state index in [-0.39, 0.29) is 17.4 Å². The van der Waals surface area contributed by atoms with Crippen molar-refractivity contribution in [2.75, 3.05) is 26.3 Å². The third kappa shape index (κ3) is 3.47. The standard InChI is InChI=1S/C16H24N2O2S/c19-15(13-11-20-9-8-17-13)18-12-16(6-2-1-3-7-16)14-5-4-10-21-14/h4-5,10,13,17H,1-3,6-9,11-12H2,(H,18,19). The molecule has 1 aromatic rings. The van der Waals surface area contributed by atoms with Crippen molar-refractivity contribution in [3.05, 3.63) is 22.4 Å². The lowest BCUT2D eigenvalue weighted by Gasteiger charge is -2.37. The SMILES string of the molecule is O=C(NCC1(c2cccs2)CCCCC1)C1COCCN1. The van der Waals surface area contributed by atoms with E-state index >= 15 is 0 Å². The van der Waals surface area contributed by atoms with E-state index in [2.05, 4.69) is 28.1 Å². The minimum absolute atomic E-state index is 0.0798. The van der Waals surface area contributed by atoms with Gasteiger partial charge in [0.25, 0.3) is 0 Å². The van der Waals surface area contributed by atoms with Gasteiger partial charge in [0.15, 0.2) is 0 Å². The molecule has 0 bridgehead atoms. The van der Waals surface area contributed by atoms with E-state index in [1.165, 1.54) is 37.0 Å². The molecule has 1 saturated heterocycles. The van der Waals surface area contributed by atoms with E-state index in [0.717, 1.165) is 13.1 Å². The van der Waals surface area contributed by atoms with E-state index in [0.29, 0.717) is 13.2 Å². The number of carbonyl (C=O) groups excluding carboxylic acids is 1. The van der Waals surface area contributed by atoms with Crippen molar-refractivity contribution in [1.29, 1.82) is 0 Å². The predicted molar refractivity (Wildman–Crippen MR) is 84.7 cm³/mol. The Morgan fingerprint density at radius 1 is 1.43 bits per heavy atom. The Kier molecular flexibility index (Phi) is 4.93. The summed E-state index contributed by atoms with van der Waals surface area (Å²) in [6, 6.07) is 4.15. The first-order valence-electron chi connectivity index (χ1n) is 7.93. The molecule has 116 valence electrons. The molecule has 4 nitrogen and oxygen atoms in total. The van der Waals surface area contributed by atoms with Crippen LogP contribution >= 0.6 is 11.3 Å². The fraction of sp³-hybridized carbons (Fsp3) is 0.688. The van der Waals surface area contributed by atoms with Crippen molar-refractivity contribution in [2.24, 2.45) is 0 Å². The molecular formula is C16H24N2O2S. The predicted octanol–water partition coefficient (Wildman–Crippen LogP) is 2.05. The summed E-state index contributed by atoms with van der Waals surface area (Å²) in [7, 11) is 0. The van der Waals surface area contributed by atoms with Gasteiger partial charge in [-0.3, -0.25) is 4.79 Å². The van der Waals surface area contributed by atoms with Crippen LogP contribution in [-0.2, 0) is 14.9 Å². The van der Waals surface area contributed by atoms with Crippen molar-refractivity contribution in [3.63, 3.8) is 0 Å². The summed E-state index contributed by atoms with van der Waals surface area (Å²) in [5.41, 5.74) is 0.150. The van der Waals surface area contributed by atoms with Gasteiger partial charge in [-0.15, -0.1) is 11.3 Å². The molecule has 2 fully saturated rings. The van der Waals surface area contributed by atoms with E-state index in [1.54, 1.807) is 0 Å². The molecule has 21 heavy (non-hydrogen) atoms.